The summed E-state index contributed by atoms with van der Waals surface area (Å²) < 4.78 is 0. The lowest BCUT2D eigenvalue weighted by atomic mass is 9.97. The zero-order chi connectivity index (χ0) is 18.9. The van der Waals surface area contributed by atoms with Gasteiger partial charge in [-0.3, -0.25) is 15.0 Å². The predicted molar refractivity (Wildman–Crippen MR) is 103 cm³/mol. The van der Waals surface area contributed by atoms with Crippen molar-refractivity contribution in [2.24, 2.45) is 0 Å². The number of nitrogens with one attached hydrogen (secondary N) is 2. The summed E-state index contributed by atoms with van der Waals surface area (Å²) in [6.45, 7) is 3.79. The summed E-state index contributed by atoms with van der Waals surface area (Å²) in [6.07, 6.45) is 11.4. The van der Waals surface area contributed by atoms with Gasteiger partial charge in [-0.25, -0.2) is 14.8 Å². The third-order valence-corrected chi connectivity index (χ3v) is 4.94. The van der Waals surface area contributed by atoms with Gasteiger partial charge in [0.25, 0.3) is 0 Å². The molecule has 0 unspecified atom stereocenters. The monoisotopic (exact) mass is 372 g/mol. The zero-order valence-electron chi connectivity index (χ0n) is 15.7. The smallest absolute Gasteiger partial charge is 0.321 e. The lowest BCUT2D eigenvalue weighted by Gasteiger charge is -2.34. The number of nitrogens with zero attached hydrogens (tertiary/aromatic N) is 4. The van der Waals surface area contributed by atoms with Crippen molar-refractivity contribution < 1.29 is 9.59 Å². The van der Waals surface area contributed by atoms with Crippen LogP contribution in [0.15, 0.2) is 30.1 Å². The molecule has 0 aromatic carbocycles. The van der Waals surface area contributed by atoms with Crippen LogP contribution in [-0.4, -0.2) is 66.1 Å². The molecule has 1 aliphatic heterocycles. The minimum absolute atomic E-state index is 0.224. The number of urea groups is 1. The maximum Gasteiger partial charge on any atom is 0.321 e. The first-order valence-electron chi connectivity index (χ1n) is 9.70. The molecule has 1 saturated heterocycles. The van der Waals surface area contributed by atoms with Crippen LogP contribution in [0.2, 0.25) is 0 Å². The number of aromatic nitrogens is 2. The van der Waals surface area contributed by atoms with Gasteiger partial charge in [-0.1, -0.05) is 11.6 Å². The van der Waals surface area contributed by atoms with E-state index in [0.29, 0.717) is 12.5 Å². The first-order chi connectivity index (χ1) is 13.2. The van der Waals surface area contributed by atoms with Gasteiger partial charge in [0.05, 0.1) is 6.54 Å². The Balaban J connectivity index is 1.31. The summed E-state index contributed by atoms with van der Waals surface area (Å²) in [4.78, 5) is 36.6. The number of amides is 3. The van der Waals surface area contributed by atoms with E-state index in [9.17, 15) is 9.59 Å². The lowest BCUT2D eigenvalue weighted by Crippen LogP contribution is -2.51. The molecule has 1 aliphatic carbocycles. The van der Waals surface area contributed by atoms with Crippen molar-refractivity contribution >= 4 is 17.9 Å². The molecule has 3 amide bonds. The maximum atomic E-state index is 12.1. The fourth-order valence-electron chi connectivity index (χ4n) is 3.44. The van der Waals surface area contributed by atoms with Crippen LogP contribution in [0.1, 0.15) is 32.1 Å². The first kappa shape index (κ1) is 19.3. The topological polar surface area (TPSA) is 90.5 Å². The highest BCUT2D eigenvalue weighted by molar-refractivity contribution is 5.95. The van der Waals surface area contributed by atoms with Gasteiger partial charge in [-0.15, -0.1) is 0 Å². The second kappa shape index (κ2) is 10.0. The number of carbonyl (C=O) groups excluding carboxylic acids is 2. The Morgan fingerprint density at radius 2 is 1.85 bits per heavy atom. The normalized spacial score (nSPS) is 17.9. The number of hydrogen-bond donors (Lipinski definition) is 2. The Hall–Kier alpha value is -2.48. The summed E-state index contributed by atoms with van der Waals surface area (Å²) in [7, 11) is 0. The summed E-state index contributed by atoms with van der Waals surface area (Å²) >= 11 is 0. The largest absolute Gasteiger partial charge is 0.338 e. The number of carbonyl (C=O) groups is 2. The molecule has 8 heteroatoms. The Morgan fingerprint density at radius 3 is 2.56 bits per heavy atom. The van der Waals surface area contributed by atoms with E-state index in [2.05, 4.69) is 31.6 Å². The van der Waals surface area contributed by atoms with Gasteiger partial charge in [0.15, 0.2) is 0 Å². The first-order valence-corrected chi connectivity index (χ1v) is 9.70. The molecule has 2 heterocycles. The molecule has 1 aromatic heterocycles. The second-order valence-electron chi connectivity index (χ2n) is 6.97. The van der Waals surface area contributed by atoms with Gasteiger partial charge < -0.3 is 10.2 Å². The molecule has 2 N–H and O–H groups in total. The molecular formula is C19H28N6O2. The molecule has 1 fully saturated rings. The number of allylic oxidation sites excluding steroid dienone is 1. The van der Waals surface area contributed by atoms with Crippen LogP contribution in [0.4, 0.5) is 10.7 Å². The Labute approximate surface area is 160 Å². The van der Waals surface area contributed by atoms with Crippen molar-refractivity contribution in [2.75, 3.05) is 44.2 Å². The van der Waals surface area contributed by atoms with Crippen molar-refractivity contribution in [3.05, 3.63) is 30.1 Å². The molecule has 8 nitrogen and oxygen atoms in total. The average Bonchev–Trinajstić information content (AvgIpc) is 2.70. The highest BCUT2D eigenvalue weighted by Gasteiger charge is 2.21. The molecule has 0 bridgehead atoms. The van der Waals surface area contributed by atoms with Crippen molar-refractivity contribution in [2.45, 2.75) is 32.1 Å². The number of imide groups is 1. The predicted octanol–water partition coefficient (Wildman–Crippen LogP) is 1.31. The van der Waals surface area contributed by atoms with Gasteiger partial charge in [-0.05, 0) is 38.2 Å². The van der Waals surface area contributed by atoms with E-state index in [1.165, 1.54) is 18.4 Å². The zero-order valence-corrected chi connectivity index (χ0v) is 15.7. The van der Waals surface area contributed by atoms with Gasteiger partial charge in [0.1, 0.15) is 0 Å². The number of hydrogen-bond acceptors (Lipinski definition) is 6. The molecule has 2 aliphatic rings. The summed E-state index contributed by atoms with van der Waals surface area (Å²) in [6, 6.07) is 1.38. The average molecular weight is 372 g/mol. The number of piperazine rings is 1. The minimum Gasteiger partial charge on any atom is -0.338 e. The number of anilines is 1. The summed E-state index contributed by atoms with van der Waals surface area (Å²) in [5.41, 5.74) is 1.41. The number of rotatable bonds is 6. The molecule has 27 heavy (non-hydrogen) atoms. The van der Waals surface area contributed by atoms with Crippen molar-refractivity contribution in [3.8, 4) is 0 Å². The maximum absolute atomic E-state index is 12.1. The second-order valence-corrected chi connectivity index (χ2v) is 6.97. The molecular weight excluding hydrogens is 344 g/mol. The van der Waals surface area contributed by atoms with E-state index in [-0.39, 0.29) is 12.5 Å². The van der Waals surface area contributed by atoms with Crippen molar-refractivity contribution in [1.82, 2.24) is 25.5 Å². The Bertz CT molecular complexity index is 655. The molecule has 0 atom stereocenters. The van der Waals surface area contributed by atoms with Crippen LogP contribution in [0.25, 0.3) is 0 Å². The SMILES string of the molecule is O=C(CN1CCN(c2ncccn2)CC1)NC(=O)NCCC1=CCCCC1. The standard InChI is InChI=1S/C19H28N6O2/c26-17(23-19(27)22-10-7-16-5-2-1-3-6-16)15-24-11-13-25(14-12-24)18-20-8-4-9-21-18/h4-5,8-9H,1-3,6-7,10-15H2,(H2,22,23,26,27). The van der Waals surface area contributed by atoms with Gasteiger partial charge in [0, 0.05) is 45.1 Å². The Kier molecular flexibility index (Phi) is 7.15. The van der Waals surface area contributed by atoms with Crippen LogP contribution in [0.5, 0.6) is 0 Å². The van der Waals surface area contributed by atoms with E-state index < -0.39 is 6.03 Å². The summed E-state index contributed by atoms with van der Waals surface area (Å²) in [5.74, 6) is 0.447. The molecule has 0 radical (unpaired) electrons. The highest BCUT2D eigenvalue weighted by Crippen LogP contribution is 2.19. The molecule has 146 valence electrons. The van der Waals surface area contributed by atoms with E-state index in [4.69, 9.17) is 0 Å². The van der Waals surface area contributed by atoms with E-state index in [1.807, 2.05) is 4.90 Å². The highest BCUT2D eigenvalue weighted by atomic mass is 16.2. The van der Waals surface area contributed by atoms with E-state index >= 15 is 0 Å². The van der Waals surface area contributed by atoms with Crippen LogP contribution in [0, 0.1) is 0 Å². The van der Waals surface area contributed by atoms with E-state index in [0.717, 1.165) is 45.4 Å². The molecule has 0 spiro atoms. The van der Waals surface area contributed by atoms with Crippen LogP contribution >= 0.6 is 0 Å². The van der Waals surface area contributed by atoms with Crippen LogP contribution < -0.4 is 15.5 Å². The lowest BCUT2D eigenvalue weighted by molar-refractivity contribution is -0.121. The van der Waals surface area contributed by atoms with Crippen LogP contribution in [0.3, 0.4) is 0 Å². The molecule has 3 rings (SSSR count). The van der Waals surface area contributed by atoms with Gasteiger partial charge >= 0.3 is 6.03 Å². The Morgan fingerprint density at radius 1 is 1.07 bits per heavy atom. The minimum atomic E-state index is -0.410. The molecule has 1 aromatic rings. The van der Waals surface area contributed by atoms with Crippen molar-refractivity contribution in [3.63, 3.8) is 0 Å². The van der Waals surface area contributed by atoms with E-state index in [1.54, 1.807) is 18.5 Å². The van der Waals surface area contributed by atoms with Gasteiger partial charge in [-0.2, -0.15) is 0 Å². The van der Waals surface area contributed by atoms with Crippen molar-refractivity contribution in [1.29, 1.82) is 0 Å². The third kappa shape index (κ3) is 6.32. The van der Waals surface area contributed by atoms with Crippen LogP contribution in [-0.2, 0) is 4.79 Å². The molecule has 0 saturated carbocycles. The quantitative estimate of drug-likeness (QED) is 0.732. The fraction of sp³-hybridized carbons (Fsp3) is 0.579. The van der Waals surface area contributed by atoms with Gasteiger partial charge in [0.2, 0.25) is 11.9 Å². The summed E-state index contributed by atoms with van der Waals surface area (Å²) in [5, 5.41) is 5.19. The third-order valence-electron chi connectivity index (χ3n) is 4.94. The fourth-order valence-corrected chi connectivity index (χ4v) is 3.44.